The molecular formula is C10H13NO2S. The minimum absolute atomic E-state index is 0.199. The van der Waals surface area contributed by atoms with Crippen molar-refractivity contribution in [2.45, 2.75) is 32.1 Å². The summed E-state index contributed by atoms with van der Waals surface area (Å²) in [6.07, 6.45) is 3.56. The summed E-state index contributed by atoms with van der Waals surface area (Å²) in [5, 5.41) is 11.4. The maximum Gasteiger partial charge on any atom is 0.355 e. The second-order valence-electron chi connectivity index (χ2n) is 3.99. The predicted molar refractivity (Wildman–Crippen MR) is 54.8 cm³/mol. The minimum Gasteiger partial charge on any atom is -0.476 e. The Kier molecular flexibility index (Phi) is 2.54. The van der Waals surface area contributed by atoms with Gasteiger partial charge in [-0.2, -0.15) is 0 Å². The molecule has 2 atom stereocenters. The lowest BCUT2D eigenvalue weighted by Crippen LogP contribution is -1.98. The van der Waals surface area contributed by atoms with Crippen LogP contribution in [0.25, 0.3) is 0 Å². The van der Waals surface area contributed by atoms with Crippen LogP contribution in [0.2, 0.25) is 0 Å². The fourth-order valence-corrected chi connectivity index (χ4v) is 2.95. The topological polar surface area (TPSA) is 50.2 Å². The van der Waals surface area contributed by atoms with Gasteiger partial charge in [-0.25, -0.2) is 9.78 Å². The molecule has 0 spiro atoms. The largest absolute Gasteiger partial charge is 0.476 e. The third kappa shape index (κ3) is 1.80. The highest BCUT2D eigenvalue weighted by atomic mass is 32.1. The first-order valence-corrected chi connectivity index (χ1v) is 5.73. The molecule has 1 aromatic heterocycles. The Morgan fingerprint density at radius 3 is 2.93 bits per heavy atom. The molecule has 0 amide bonds. The second kappa shape index (κ2) is 3.69. The molecule has 14 heavy (non-hydrogen) atoms. The van der Waals surface area contributed by atoms with Gasteiger partial charge in [0.05, 0.1) is 5.01 Å². The van der Waals surface area contributed by atoms with Crippen molar-refractivity contribution in [3.8, 4) is 0 Å². The number of hydrogen-bond acceptors (Lipinski definition) is 3. The molecule has 1 N–H and O–H groups in total. The lowest BCUT2D eigenvalue weighted by molar-refractivity contribution is 0.0691. The SMILES string of the molecule is C[C@@H]1CC[C@H](c2nc(C(=O)O)cs2)C1. The van der Waals surface area contributed by atoms with Crippen LogP contribution in [0.15, 0.2) is 5.38 Å². The van der Waals surface area contributed by atoms with E-state index in [0.717, 1.165) is 23.8 Å². The monoisotopic (exact) mass is 211 g/mol. The summed E-state index contributed by atoms with van der Waals surface area (Å²) in [4.78, 5) is 14.8. The Hall–Kier alpha value is -0.900. The van der Waals surface area contributed by atoms with E-state index >= 15 is 0 Å². The summed E-state index contributed by atoms with van der Waals surface area (Å²) in [5.74, 6) is 0.346. The maximum absolute atomic E-state index is 10.6. The number of aromatic nitrogens is 1. The van der Waals surface area contributed by atoms with Crippen molar-refractivity contribution in [3.63, 3.8) is 0 Å². The van der Waals surface area contributed by atoms with Gasteiger partial charge in [0.2, 0.25) is 0 Å². The molecule has 0 bridgehead atoms. The van der Waals surface area contributed by atoms with E-state index in [9.17, 15) is 4.79 Å². The van der Waals surface area contributed by atoms with Gasteiger partial charge in [0.25, 0.3) is 0 Å². The molecular weight excluding hydrogens is 198 g/mol. The van der Waals surface area contributed by atoms with Crippen LogP contribution in [0.4, 0.5) is 0 Å². The van der Waals surface area contributed by atoms with E-state index in [-0.39, 0.29) is 5.69 Å². The number of nitrogens with zero attached hydrogens (tertiary/aromatic N) is 1. The smallest absolute Gasteiger partial charge is 0.355 e. The molecule has 1 saturated carbocycles. The van der Waals surface area contributed by atoms with E-state index in [4.69, 9.17) is 5.11 Å². The Morgan fingerprint density at radius 1 is 1.64 bits per heavy atom. The van der Waals surface area contributed by atoms with Crippen LogP contribution in [0, 0.1) is 5.92 Å². The number of carboxylic acid groups (broad SMARTS) is 1. The molecule has 3 nitrogen and oxygen atoms in total. The van der Waals surface area contributed by atoms with Gasteiger partial charge in [-0.05, 0) is 18.8 Å². The molecule has 1 aliphatic carbocycles. The first-order valence-electron chi connectivity index (χ1n) is 4.85. The summed E-state index contributed by atoms with van der Waals surface area (Å²) < 4.78 is 0. The molecule has 76 valence electrons. The van der Waals surface area contributed by atoms with Gasteiger partial charge >= 0.3 is 5.97 Å². The van der Waals surface area contributed by atoms with Gasteiger partial charge in [0.1, 0.15) is 0 Å². The summed E-state index contributed by atoms with van der Waals surface area (Å²) >= 11 is 1.49. The Labute approximate surface area is 86.8 Å². The number of aromatic carboxylic acids is 1. The summed E-state index contributed by atoms with van der Waals surface area (Å²) in [6.45, 7) is 2.24. The molecule has 0 aromatic carbocycles. The van der Waals surface area contributed by atoms with E-state index in [2.05, 4.69) is 11.9 Å². The van der Waals surface area contributed by atoms with Crippen LogP contribution in [0.5, 0.6) is 0 Å². The number of carboxylic acids is 1. The minimum atomic E-state index is -0.918. The third-order valence-electron chi connectivity index (χ3n) is 2.79. The Balaban J connectivity index is 2.13. The van der Waals surface area contributed by atoms with E-state index < -0.39 is 5.97 Å². The van der Waals surface area contributed by atoms with Crippen LogP contribution in [-0.2, 0) is 0 Å². The van der Waals surface area contributed by atoms with Crippen molar-refractivity contribution in [3.05, 3.63) is 16.1 Å². The van der Waals surface area contributed by atoms with E-state index in [0.29, 0.717) is 5.92 Å². The van der Waals surface area contributed by atoms with E-state index in [1.165, 1.54) is 17.8 Å². The summed E-state index contributed by atoms with van der Waals surface area (Å²) in [7, 11) is 0. The van der Waals surface area contributed by atoms with Crippen LogP contribution in [-0.4, -0.2) is 16.1 Å². The predicted octanol–water partition coefficient (Wildman–Crippen LogP) is 2.74. The van der Waals surface area contributed by atoms with Gasteiger partial charge in [0, 0.05) is 11.3 Å². The Morgan fingerprint density at radius 2 is 2.43 bits per heavy atom. The van der Waals surface area contributed by atoms with E-state index in [1.54, 1.807) is 5.38 Å². The molecule has 2 rings (SSSR count). The number of rotatable bonds is 2. The molecule has 1 aromatic rings. The summed E-state index contributed by atoms with van der Waals surface area (Å²) in [6, 6.07) is 0. The van der Waals surface area contributed by atoms with Crippen molar-refractivity contribution < 1.29 is 9.90 Å². The van der Waals surface area contributed by atoms with Gasteiger partial charge in [0.15, 0.2) is 5.69 Å². The fourth-order valence-electron chi connectivity index (χ4n) is 2.00. The molecule has 1 fully saturated rings. The highest BCUT2D eigenvalue weighted by molar-refractivity contribution is 7.09. The van der Waals surface area contributed by atoms with Crippen molar-refractivity contribution in [1.29, 1.82) is 0 Å². The zero-order chi connectivity index (χ0) is 10.1. The van der Waals surface area contributed by atoms with Crippen molar-refractivity contribution in [2.75, 3.05) is 0 Å². The number of hydrogen-bond donors (Lipinski definition) is 1. The standard InChI is InChI=1S/C10H13NO2S/c1-6-2-3-7(4-6)9-11-8(5-14-9)10(12)13/h5-7H,2-4H2,1H3,(H,12,13)/t6-,7+/m1/s1. The highest BCUT2D eigenvalue weighted by Crippen LogP contribution is 2.38. The number of thiazole rings is 1. The quantitative estimate of drug-likeness (QED) is 0.818. The average molecular weight is 211 g/mol. The third-order valence-corrected chi connectivity index (χ3v) is 3.79. The maximum atomic E-state index is 10.6. The van der Waals surface area contributed by atoms with Crippen LogP contribution < -0.4 is 0 Å². The fraction of sp³-hybridized carbons (Fsp3) is 0.600. The van der Waals surface area contributed by atoms with E-state index in [1.807, 2.05) is 0 Å². The first kappa shape index (κ1) is 9.65. The first-order chi connectivity index (χ1) is 6.66. The van der Waals surface area contributed by atoms with Gasteiger partial charge < -0.3 is 5.11 Å². The van der Waals surface area contributed by atoms with Crippen molar-refractivity contribution in [2.24, 2.45) is 5.92 Å². The number of carbonyl (C=O) groups is 1. The molecule has 0 saturated heterocycles. The molecule has 0 aliphatic heterocycles. The highest BCUT2D eigenvalue weighted by Gasteiger charge is 2.25. The second-order valence-corrected chi connectivity index (χ2v) is 4.88. The van der Waals surface area contributed by atoms with Crippen LogP contribution >= 0.6 is 11.3 Å². The summed E-state index contributed by atoms with van der Waals surface area (Å²) in [5.41, 5.74) is 0.199. The van der Waals surface area contributed by atoms with Gasteiger partial charge in [-0.1, -0.05) is 13.3 Å². The average Bonchev–Trinajstić information content (AvgIpc) is 2.70. The van der Waals surface area contributed by atoms with Gasteiger partial charge in [-0.3, -0.25) is 0 Å². The zero-order valence-electron chi connectivity index (χ0n) is 8.06. The van der Waals surface area contributed by atoms with Crippen molar-refractivity contribution in [1.82, 2.24) is 4.98 Å². The zero-order valence-corrected chi connectivity index (χ0v) is 8.88. The van der Waals surface area contributed by atoms with Crippen LogP contribution in [0.3, 0.4) is 0 Å². The molecule has 1 heterocycles. The lowest BCUT2D eigenvalue weighted by Gasteiger charge is -2.03. The molecule has 0 unspecified atom stereocenters. The molecule has 1 aliphatic rings. The Bertz CT molecular complexity index is 348. The normalized spacial score (nSPS) is 26.6. The lowest BCUT2D eigenvalue weighted by atomic mass is 10.1. The van der Waals surface area contributed by atoms with Gasteiger partial charge in [-0.15, -0.1) is 11.3 Å². The molecule has 0 radical (unpaired) electrons. The van der Waals surface area contributed by atoms with Crippen LogP contribution in [0.1, 0.15) is 47.6 Å². The van der Waals surface area contributed by atoms with Crippen molar-refractivity contribution >= 4 is 17.3 Å². The molecule has 4 heteroatoms.